The van der Waals surface area contributed by atoms with Gasteiger partial charge in [0.05, 0.1) is 21.6 Å². The van der Waals surface area contributed by atoms with Gasteiger partial charge in [0.15, 0.2) is 0 Å². The minimum atomic E-state index is -3.70. The molecule has 0 aliphatic carbocycles. The van der Waals surface area contributed by atoms with Crippen LogP contribution < -0.4 is 9.99 Å². The van der Waals surface area contributed by atoms with Gasteiger partial charge >= 0.3 is 5.69 Å². The Kier molecular flexibility index (Phi) is 3.52. The van der Waals surface area contributed by atoms with Crippen LogP contribution in [0.1, 0.15) is 0 Å². The van der Waals surface area contributed by atoms with Crippen LogP contribution in [0.4, 0.5) is 5.69 Å². The highest BCUT2D eigenvalue weighted by molar-refractivity contribution is 7.92. The molecular formula is C16H17N3O3S. The maximum Gasteiger partial charge on any atom is 0.328 e. The van der Waals surface area contributed by atoms with Crippen LogP contribution in [0.25, 0.3) is 11.0 Å². The first-order valence-electron chi connectivity index (χ1n) is 7.03. The van der Waals surface area contributed by atoms with Crippen LogP contribution in [0.3, 0.4) is 0 Å². The van der Waals surface area contributed by atoms with Gasteiger partial charge < -0.3 is 0 Å². The van der Waals surface area contributed by atoms with Gasteiger partial charge in [0.25, 0.3) is 10.0 Å². The maximum atomic E-state index is 12.8. The molecule has 0 saturated heterocycles. The van der Waals surface area contributed by atoms with E-state index in [4.69, 9.17) is 0 Å². The van der Waals surface area contributed by atoms with Gasteiger partial charge in [0.1, 0.15) is 0 Å². The van der Waals surface area contributed by atoms with Crippen LogP contribution in [0.2, 0.25) is 0 Å². The molecule has 0 amide bonds. The van der Waals surface area contributed by atoms with Crippen LogP contribution in [0.5, 0.6) is 0 Å². The van der Waals surface area contributed by atoms with Crippen molar-refractivity contribution >= 4 is 26.7 Å². The molecule has 1 heterocycles. The summed E-state index contributed by atoms with van der Waals surface area (Å²) in [5.74, 6) is 0. The van der Waals surface area contributed by atoms with Gasteiger partial charge in [-0.15, -0.1) is 0 Å². The Morgan fingerprint density at radius 2 is 1.52 bits per heavy atom. The zero-order valence-electron chi connectivity index (χ0n) is 13.1. The van der Waals surface area contributed by atoms with Gasteiger partial charge in [0.2, 0.25) is 0 Å². The van der Waals surface area contributed by atoms with E-state index in [0.29, 0.717) is 16.7 Å². The SMILES string of the molecule is CN(c1ccccc1)S(=O)(=O)c1ccc2c(c1)n(C)c(=O)n2C. The molecule has 0 radical (unpaired) electrons. The molecule has 0 unspecified atom stereocenters. The van der Waals surface area contributed by atoms with Crippen molar-refractivity contribution in [3.05, 3.63) is 59.0 Å². The van der Waals surface area contributed by atoms with Crippen molar-refractivity contribution in [1.82, 2.24) is 9.13 Å². The van der Waals surface area contributed by atoms with E-state index in [9.17, 15) is 13.2 Å². The van der Waals surface area contributed by atoms with Crippen LogP contribution >= 0.6 is 0 Å². The first kappa shape index (κ1) is 15.4. The highest BCUT2D eigenvalue weighted by Gasteiger charge is 2.22. The maximum absolute atomic E-state index is 12.8. The van der Waals surface area contributed by atoms with E-state index in [0.717, 1.165) is 0 Å². The molecule has 0 saturated carbocycles. The molecular weight excluding hydrogens is 314 g/mol. The minimum Gasteiger partial charge on any atom is -0.295 e. The Labute approximate surface area is 134 Å². The molecule has 23 heavy (non-hydrogen) atoms. The van der Waals surface area contributed by atoms with E-state index in [1.54, 1.807) is 44.4 Å². The molecule has 0 atom stereocenters. The Hall–Kier alpha value is -2.54. The summed E-state index contributed by atoms with van der Waals surface area (Å²) >= 11 is 0. The molecule has 0 spiro atoms. The lowest BCUT2D eigenvalue weighted by Gasteiger charge is -2.19. The molecule has 0 N–H and O–H groups in total. The van der Waals surface area contributed by atoms with Crippen molar-refractivity contribution in [1.29, 1.82) is 0 Å². The topological polar surface area (TPSA) is 64.3 Å². The Bertz CT molecular complexity index is 1030. The molecule has 3 aromatic rings. The smallest absolute Gasteiger partial charge is 0.295 e. The first-order chi connectivity index (χ1) is 10.8. The van der Waals surface area contributed by atoms with E-state index in [1.807, 2.05) is 6.07 Å². The predicted molar refractivity (Wildman–Crippen MR) is 90.2 cm³/mol. The molecule has 0 fully saturated rings. The number of para-hydroxylation sites is 1. The fourth-order valence-corrected chi connectivity index (χ4v) is 3.80. The number of aromatic nitrogens is 2. The van der Waals surface area contributed by atoms with Gasteiger partial charge in [-0.2, -0.15) is 0 Å². The second kappa shape index (κ2) is 5.27. The molecule has 120 valence electrons. The molecule has 6 nitrogen and oxygen atoms in total. The van der Waals surface area contributed by atoms with Crippen molar-refractivity contribution in [2.24, 2.45) is 14.1 Å². The summed E-state index contributed by atoms with van der Waals surface area (Å²) < 4.78 is 29.8. The first-order valence-corrected chi connectivity index (χ1v) is 8.47. The number of benzene rings is 2. The third-order valence-electron chi connectivity index (χ3n) is 4.02. The zero-order chi connectivity index (χ0) is 16.8. The lowest BCUT2D eigenvalue weighted by Crippen LogP contribution is -2.26. The number of hydrogen-bond donors (Lipinski definition) is 0. The molecule has 2 aromatic carbocycles. The highest BCUT2D eigenvalue weighted by atomic mass is 32.2. The standard InChI is InChI=1S/C16H17N3O3S/c1-17-14-10-9-13(11-15(14)18(2)16(17)20)23(21,22)19(3)12-7-5-4-6-8-12/h4-11H,1-3H3. The van der Waals surface area contributed by atoms with Gasteiger partial charge in [-0.05, 0) is 30.3 Å². The number of rotatable bonds is 3. The minimum absolute atomic E-state index is 0.151. The van der Waals surface area contributed by atoms with Crippen molar-refractivity contribution in [2.45, 2.75) is 4.90 Å². The molecule has 0 aliphatic rings. The summed E-state index contributed by atoms with van der Waals surface area (Å²) in [6.07, 6.45) is 0. The number of nitrogens with zero attached hydrogens (tertiary/aromatic N) is 3. The number of anilines is 1. The third-order valence-corrected chi connectivity index (χ3v) is 5.80. The number of fused-ring (bicyclic) bond motifs is 1. The van der Waals surface area contributed by atoms with Crippen molar-refractivity contribution in [2.75, 3.05) is 11.4 Å². The molecule has 7 heteroatoms. The quantitative estimate of drug-likeness (QED) is 0.734. The Morgan fingerprint density at radius 1 is 0.913 bits per heavy atom. The van der Waals surface area contributed by atoms with E-state index in [2.05, 4.69) is 0 Å². The van der Waals surface area contributed by atoms with Crippen LogP contribution in [-0.4, -0.2) is 24.6 Å². The number of imidazole rings is 1. The summed E-state index contributed by atoms with van der Waals surface area (Å²) in [7, 11) is 1.11. The average molecular weight is 331 g/mol. The molecule has 0 bridgehead atoms. The summed E-state index contributed by atoms with van der Waals surface area (Å²) in [5.41, 5.74) is 1.67. The average Bonchev–Trinajstić information content (AvgIpc) is 2.79. The fourth-order valence-electron chi connectivity index (χ4n) is 2.58. The van der Waals surface area contributed by atoms with Crippen LogP contribution in [0, 0.1) is 0 Å². The summed E-state index contributed by atoms with van der Waals surface area (Å²) in [5, 5.41) is 0. The van der Waals surface area contributed by atoms with E-state index in [1.165, 1.54) is 32.6 Å². The number of sulfonamides is 1. The Balaban J connectivity index is 2.16. The van der Waals surface area contributed by atoms with E-state index < -0.39 is 10.0 Å². The molecule has 1 aromatic heterocycles. The van der Waals surface area contributed by atoms with Gasteiger partial charge in [-0.3, -0.25) is 13.4 Å². The van der Waals surface area contributed by atoms with Crippen molar-refractivity contribution in [3.63, 3.8) is 0 Å². The highest BCUT2D eigenvalue weighted by Crippen LogP contribution is 2.24. The van der Waals surface area contributed by atoms with Gasteiger partial charge in [-0.25, -0.2) is 13.2 Å². The predicted octanol–water partition coefficient (Wildman–Crippen LogP) is 1.70. The van der Waals surface area contributed by atoms with E-state index >= 15 is 0 Å². The van der Waals surface area contributed by atoms with Crippen LogP contribution in [-0.2, 0) is 24.1 Å². The summed E-state index contributed by atoms with van der Waals surface area (Å²) in [4.78, 5) is 12.1. The lowest BCUT2D eigenvalue weighted by molar-refractivity contribution is 0.594. The number of hydrogen-bond acceptors (Lipinski definition) is 3. The second-order valence-electron chi connectivity index (χ2n) is 5.36. The normalized spacial score (nSPS) is 11.8. The Morgan fingerprint density at radius 3 is 2.17 bits per heavy atom. The molecule has 0 aliphatic heterocycles. The fraction of sp³-hybridized carbons (Fsp3) is 0.188. The monoisotopic (exact) mass is 331 g/mol. The largest absolute Gasteiger partial charge is 0.328 e. The summed E-state index contributed by atoms with van der Waals surface area (Å²) in [6, 6.07) is 13.6. The molecule has 3 rings (SSSR count). The number of aryl methyl sites for hydroxylation is 2. The van der Waals surface area contributed by atoms with Gasteiger partial charge in [-0.1, -0.05) is 18.2 Å². The van der Waals surface area contributed by atoms with Gasteiger partial charge in [0, 0.05) is 21.1 Å². The van der Waals surface area contributed by atoms with Crippen LogP contribution in [0.15, 0.2) is 58.2 Å². The van der Waals surface area contributed by atoms with Crippen molar-refractivity contribution < 1.29 is 8.42 Å². The van der Waals surface area contributed by atoms with E-state index in [-0.39, 0.29) is 10.6 Å². The summed E-state index contributed by atoms with van der Waals surface area (Å²) in [6.45, 7) is 0. The third kappa shape index (κ3) is 2.33. The van der Waals surface area contributed by atoms with Crippen molar-refractivity contribution in [3.8, 4) is 0 Å². The lowest BCUT2D eigenvalue weighted by atomic mass is 10.3. The zero-order valence-corrected chi connectivity index (χ0v) is 13.9. The second-order valence-corrected chi connectivity index (χ2v) is 7.33.